The second-order valence-electron chi connectivity index (χ2n) is 4.60. The molecule has 1 N–H and O–H groups in total. The van der Waals surface area contributed by atoms with Gasteiger partial charge in [0.2, 0.25) is 0 Å². The Balaban J connectivity index is 1.89. The summed E-state index contributed by atoms with van der Waals surface area (Å²) in [5.74, 6) is 1.56. The number of nitrogens with one attached hydrogen (secondary N) is 1. The zero-order valence-electron chi connectivity index (χ0n) is 13.0. The summed E-state index contributed by atoms with van der Waals surface area (Å²) in [5.41, 5.74) is 0.461. The Labute approximate surface area is 145 Å². The molecule has 0 unspecified atom stereocenters. The van der Waals surface area contributed by atoms with Gasteiger partial charge in [-0.1, -0.05) is 17.7 Å². The summed E-state index contributed by atoms with van der Waals surface area (Å²) in [6.45, 7) is 0.548. The highest BCUT2D eigenvalue weighted by atomic mass is 35.5. The summed E-state index contributed by atoms with van der Waals surface area (Å²) in [7, 11) is 3.06. The fraction of sp³-hybridized carbons (Fsp3) is 0.235. The van der Waals surface area contributed by atoms with E-state index in [1.54, 1.807) is 37.1 Å². The van der Waals surface area contributed by atoms with Crippen molar-refractivity contribution < 1.29 is 14.3 Å². The number of amides is 1. The predicted octanol–water partition coefficient (Wildman–Crippen LogP) is 3.88. The lowest BCUT2D eigenvalue weighted by Crippen LogP contribution is -2.26. The van der Waals surface area contributed by atoms with Crippen molar-refractivity contribution in [1.29, 1.82) is 0 Å². The van der Waals surface area contributed by atoms with Crippen LogP contribution in [0.1, 0.15) is 10.4 Å². The molecule has 1 amide bonds. The first-order chi connectivity index (χ1) is 11.2. The lowest BCUT2D eigenvalue weighted by molar-refractivity contribution is 0.0952. The molecule has 4 nitrogen and oxygen atoms in total. The quantitative estimate of drug-likeness (QED) is 0.607. The van der Waals surface area contributed by atoms with Crippen LogP contribution in [-0.2, 0) is 0 Å². The number of ether oxygens (including phenoxy) is 2. The van der Waals surface area contributed by atoms with Gasteiger partial charge in [-0.3, -0.25) is 4.79 Å². The largest absolute Gasteiger partial charge is 0.493 e. The number of benzene rings is 2. The Hall–Kier alpha value is -1.85. The number of methoxy groups -OCH3 is 2. The number of carbonyl (C=O) groups is 1. The van der Waals surface area contributed by atoms with Crippen molar-refractivity contribution in [3.63, 3.8) is 0 Å². The molecule has 0 aliphatic carbocycles. The number of hydrogen-bond donors (Lipinski definition) is 1. The molecule has 0 radical (unpaired) electrons. The van der Waals surface area contributed by atoms with Crippen molar-refractivity contribution in [3.8, 4) is 11.5 Å². The van der Waals surface area contributed by atoms with E-state index in [2.05, 4.69) is 5.32 Å². The third-order valence-corrected chi connectivity index (χ3v) is 4.38. The van der Waals surface area contributed by atoms with Crippen LogP contribution in [0.2, 0.25) is 5.02 Å². The van der Waals surface area contributed by atoms with E-state index >= 15 is 0 Å². The smallest absolute Gasteiger partial charge is 0.255 e. The Morgan fingerprint density at radius 1 is 1.13 bits per heavy atom. The molecule has 0 saturated heterocycles. The Morgan fingerprint density at radius 3 is 2.52 bits per heavy atom. The number of rotatable bonds is 7. The van der Waals surface area contributed by atoms with E-state index in [9.17, 15) is 4.79 Å². The zero-order valence-corrected chi connectivity index (χ0v) is 14.5. The van der Waals surface area contributed by atoms with E-state index in [4.69, 9.17) is 21.1 Å². The van der Waals surface area contributed by atoms with Crippen LogP contribution in [0, 0.1) is 0 Å². The third-order valence-electron chi connectivity index (χ3n) is 3.12. The number of para-hydroxylation sites is 1. The molecule has 0 aliphatic rings. The number of carbonyl (C=O) groups excluding carboxylic acids is 1. The molecule has 0 saturated carbocycles. The predicted molar refractivity (Wildman–Crippen MR) is 94.1 cm³/mol. The minimum Gasteiger partial charge on any atom is -0.493 e. The van der Waals surface area contributed by atoms with E-state index < -0.39 is 0 Å². The molecule has 23 heavy (non-hydrogen) atoms. The van der Waals surface area contributed by atoms with Crippen LogP contribution in [0.4, 0.5) is 0 Å². The van der Waals surface area contributed by atoms with Crippen LogP contribution in [0.5, 0.6) is 11.5 Å². The number of hydrogen-bond acceptors (Lipinski definition) is 4. The number of thioether (sulfide) groups is 1. The Morgan fingerprint density at radius 2 is 1.87 bits per heavy atom. The molecular weight excluding hydrogens is 334 g/mol. The van der Waals surface area contributed by atoms with E-state index in [-0.39, 0.29) is 5.91 Å². The van der Waals surface area contributed by atoms with Crippen molar-refractivity contribution >= 4 is 29.3 Å². The average Bonchev–Trinajstić information content (AvgIpc) is 2.59. The van der Waals surface area contributed by atoms with Crippen molar-refractivity contribution in [1.82, 2.24) is 5.32 Å². The van der Waals surface area contributed by atoms with E-state index in [0.717, 1.165) is 10.6 Å². The molecule has 0 aliphatic heterocycles. The maximum Gasteiger partial charge on any atom is 0.255 e. The lowest BCUT2D eigenvalue weighted by atomic mass is 10.1. The summed E-state index contributed by atoms with van der Waals surface area (Å²) >= 11 is 7.50. The number of halogens is 1. The van der Waals surface area contributed by atoms with Crippen LogP contribution in [0.3, 0.4) is 0 Å². The van der Waals surface area contributed by atoms with Gasteiger partial charge < -0.3 is 14.8 Å². The molecule has 2 rings (SSSR count). The standard InChI is InChI=1S/C17H18ClNO3S/c1-21-15-5-3-4-14(16(15)22-2)17(20)19-10-11-23-13-8-6-12(18)7-9-13/h3-9H,10-11H2,1-2H3,(H,19,20). The first kappa shape index (κ1) is 17.5. The van der Waals surface area contributed by atoms with Gasteiger partial charge in [-0.05, 0) is 36.4 Å². The maximum atomic E-state index is 12.3. The van der Waals surface area contributed by atoms with Crippen molar-refractivity contribution in [2.75, 3.05) is 26.5 Å². The first-order valence-electron chi connectivity index (χ1n) is 7.03. The molecule has 0 spiro atoms. The van der Waals surface area contributed by atoms with Gasteiger partial charge >= 0.3 is 0 Å². The highest BCUT2D eigenvalue weighted by molar-refractivity contribution is 7.99. The summed E-state index contributed by atoms with van der Waals surface area (Å²) < 4.78 is 10.5. The molecule has 0 aromatic heterocycles. The van der Waals surface area contributed by atoms with Crippen LogP contribution >= 0.6 is 23.4 Å². The lowest BCUT2D eigenvalue weighted by Gasteiger charge is -2.12. The second-order valence-corrected chi connectivity index (χ2v) is 6.20. The Kier molecular flexibility index (Phi) is 6.62. The van der Waals surface area contributed by atoms with Gasteiger partial charge in [-0.15, -0.1) is 11.8 Å². The van der Waals surface area contributed by atoms with Gasteiger partial charge in [0.05, 0.1) is 19.8 Å². The van der Waals surface area contributed by atoms with Gasteiger partial charge in [0.15, 0.2) is 11.5 Å². The maximum absolute atomic E-state index is 12.3. The van der Waals surface area contributed by atoms with Crippen molar-refractivity contribution in [2.24, 2.45) is 0 Å². The van der Waals surface area contributed by atoms with Crippen LogP contribution in [0.25, 0.3) is 0 Å². The first-order valence-corrected chi connectivity index (χ1v) is 8.39. The van der Waals surface area contributed by atoms with Gasteiger partial charge in [-0.25, -0.2) is 0 Å². The summed E-state index contributed by atoms with van der Waals surface area (Å²) in [6, 6.07) is 12.8. The summed E-state index contributed by atoms with van der Waals surface area (Å²) in [5, 5.41) is 3.60. The molecular formula is C17H18ClNO3S. The molecule has 2 aromatic carbocycles. The molecule has 0 fully saturated rings. The van der Waals surface area contributed by atoms with Crippen LogP contribution in [-0.4, -0.2) is 32.4 Å². The minimum atomic E-state index is -0.183. The highest BCUT2D eigenvalue weighted by Crippen LogP contribution is 2.30. The average molecular weight is 352 g/mol. The highest BCUT2D eigenvalue weighted by Gasteiger charge is 2.15. The molecule has 122 valence electrons. The summed E-state index contributed by atoms with van der Waals surface area (Å²) in [6.07, 6.45) is 0. The third kappa shape index (κ3) is 4.81. The SMILES string of the molecule is COc1cccc(C(=O)NCCSc2ccc(Cl)cc2)c1OC. The van der Waals surface area contributed by atoms with Crippen molar-refractivity contribution in [2.45, 2.75) is 4.90 Å². The fourth-order valence-electron chi connectivity index (χ4n) is 2.03. The van der Waals surface area contributed by atoms with Gasteiger partial charge in [-0.2, -0.15) is 0 Å². The fourth-order valence-corrected chi connectivity index (χ4v) is 2.92. The van der Waals surface area contributed by atoms with E-state index in [1.165, 1.54) is 7.11 Å². The molecule has 0 heterocycles. The van der Waals surface area contributed by atoms with Gasteiger partial charge in [0, 0.05) is 22.2 Å². The van der Waals surface area contributed by atoms with Crippen molar-refractivity contribution in [3.05, 3.63) is 53.1 Å². The van der Waals surface area contributed by atoms with Gasteiger partial charge in [0.1, 0.15) is 0 Å². The summed E-state index contributed by atoms with van der Waals surface area (Å²) in [4.78, 5) is 13.4. The zero-order chi connectivity index (χ0) is 16.7. The normalized spacial score (nSPS) is 10.2. The topological polar surface area (TPSA) is 47.6 Å². The van der Waals surface area contributed by atoms with E-state index in [0.29, 0.717) is 28.6 Å². The molecule has 2 aromatic rings. The minimum absolute atomic E-state index is 0.183. The monoisotopic (exact) mass is 351 g/mol. The molecule has 0 bridgehead atoms. The van der Waals surface area contributed by atoms with Crippen LogP contribution in [0.15, 0.2) is 47.4 Å². The van der Waals surface area contributed by atoms with Crippen LogP contribution < -0.4 is 14.8 Å². The van der Waals surface area contributed by atoms with Gasteiger partial charge in [0.25, 0.3) is 5.91 Å². The molecule has 6 heteroatoms. The molecule has 0 atom stereocenters. The van der Waals surface area contributed by atoms with E-state index in [1.807, 2.05) is 24.3 Å². The Bertz CT molecular complexity index is 661. The second kappa shape index (κ2) is 8.70.